The Morgan fingerprint density at radius 1 is 1.35 bits per heavy atom. The second kappa shape index (κ2) is 8.45. The number of nitrogens with one attached hydrogen (secondary N) is 2. The zero-order chi connectivity index (χ0) is 14.8. The number of para-hydroxylation sites is 1. The molecule has 1 amide bonds. The van der Waals surface area contributed by atoms with Crippen LogP contribution in [0.25, 0.3) is 10.9 Å². The minimum Gasteiger partial charge on any atom is -0.391 e. The van der Waals surface area contributed by atoms with Gasteiger partial charge in [-0.2, -0.15) is 0 Å². The van der Waals surface area contributed by atoms with Crippen molar-refractivity contribution in [1.29, 1.82) is 0 Å². The molecular formula is C16H21Cl2N3O2. The molecule has 7 heteroatoms. The van der Waals surface area contributed by atoms with Crippen molar-refractivity contribution in [3.05, 3.63) is 41.6 Å². The Hall–Kier alpha value is -1.40. The molecule has 1 fully saturated rings. The summed E-state index contributed by atoms with van der Waals surface area (Å²) in [5.74, 6) is -0.0426. The van der Waals surface area contributed by atoms with Crippen LogP contribution in [0.15, 0.2) is 30.3 Å². The summed E-state index contributed by atoms with van der Waals surface area (Å²) in [5.41, 5.74) is 2.28. The van der Waals surface area contributed by atoms with Crippen LogP contribution in [-0.4, -0.2) is 41.7 Å². The number of hydrogen-bond acceptors (Lipinski definition) is 4. The number of β-amino-alcohol motifs (C(OH)–C–C–N with tert-alkyl or cyclic N) is 1. The standard InChI is InChI=1S/C16H19N3O2.2ClH/c1-10-6-13(12-4-2-3-5-14(12)19-10)16(21)18-8-11-7-17-9-15(11)20;;/h2-6,11,15,17,20H,7-9H2,1H3,(H,18,21);2*1H. The van der Waals surface area contributed by atoms with Gasteiger partial charge in [-0.15, -0.1) is 24.8 Å². The van der Waals surface area contributed by atoms with E-state index in [4.69, 9.17) is 0 Å². The van der Waals surface area contributed by atoms with Crippen molar-refractivity contribution in [2.45, 2.75) is 13.0 Å². The number of aliphatic hydroxyl groups is 1. The van der Waals surface area contributed by atoms with E-state index in [-0.39, 0.29) is 42.7 Å². The van der Waals surface area contributed by atoms with Crippen LogP contribution in [0.5, 0.6) is 0 Å². The van der Waals surface area contributed by atoms with Gasteiger partial charge in [0.05, 0.1) is 17.2 Å². The largest absolute Gasteiger partial charge is 0.391 e. The number of pyridine rings is 1. The van der Waals surface area contributed by atoms with Crippen LogP contribution in [0.4, 0.5) is 0 Å². The number of hydrogen-bond donors (Lipinski definition) is 3. The molecule has 0 saturated carbocycles. The first kappa shape index (κ1) is 19.6. The van der Waals surface area contributed by atoms with E-state index < -0.39 is 0 Å². The van der Waals surface area contributed by atoms with Crippen molar-refractivity contribution in [2.24, 2.45) is 5.92 Å². The predicted molar refractivity (Wildman–Crippen MR) is 95.7 cm³/mol. The Morgan fingerprint density at radius 2 is 2.09 bits per heavy atom. The first-order valence-electron chi connectivity index (χ1n) is 7.18. The van der Waals surface area contributed by atoms with E-state index in [0.717, 1.165) is 23.1 Å². The molecule has 1 aromatic heterocycles. The maximum absolute atomic E-state index is 12.4. The van der Waals surface area contributed by atoms with Gasteiger partial charge in [-0.3, -0.25) is 9.78 Å². The molecule has 2 atom stereocenters. The highest BCUT2D eigenvalue weighted by molar-refractivity contribution is 6.06. The average Bonchev–Trinajstić information content (AvgIpc) is 2.89. The summed E-state index contributed by atoms with van der Waals surface area (Å²) in [7, 11) is 0. The van der Waals surface area contributed by atoms with Crippen molar-refractivity contribution >= 4 is 41.6 Å². The second-order valence-electron chi connectivity index (χ2n) is 5.52. The van der Waals surface area contributed by atoms with Crippen LogP contribution in [0.3, 0.4) is 0 Å². The number of aliphatic hydroxyl groups excluding tert-OH is 1. The molecule has 3 rings (SSSR count). The van der Waals surface area contributed by atoms with Crippen molar-refractivity contribution < 1.29 is 9.90 Å². The van der Waals surface area contributed by atoms with Gasteiger partial charge in [0.1, 0.15) is 0 Å². The summed E-state index contributed by atoms with van der Waals surface area (Å²) < 4.78 is 0. The van der Waals surface area contributed by atoms with Crippen molar-refractivity contribution in [3.63, 3.8) is 0 Å². The van der Waals surface area contributed by atoms with Gasteiger partial charge in [-0.1, -0.05) is 18.2 Å². The fourth-order valence-corrected chi connectivity index (χ4v) is 2.74. The number of benzene rings is 1. The van der Waals surface area contributed by atoms with Crippen molar-refractivity contribution in [1.82, 2.24) is 15.6 Å². The molecule has 126 valence electrons. The number of fused-ring (bicyclic) bond motifs is 1. The Balaban J connectivity index is 0.00000132. The van der Waals surface area contributed by atoms with Gasteiger partial charge in [0.2, 0.25) is 0 Å². The summed E-state index contributed by atoms with van der Waals surface area (Å²) in [4.78, 5) is 16.9. The number of amides is 1. The van der Waals surface area contributed by atoms with Crippen molar-refractivity contribution in [2.75, 3.05) is 19.6 Å². The van der Waals surface area contributed by atoms with Gasteiger partial charge >= 0.3 is 0 Å². The maximum Gasteiger partial charge on any atom is 0.252 e. The molecule has 2 heterocycles. The Morgan fingerprint density at radius 3 is 2.78 bits per heavy atom. The fraction of sp³-hybridized carbons (Fsp3) is 0.375. The smallest absolute Gasteiger partial charge is 0.252 e. The minimum atomic E-state index is -0.388. The molecule has 1 aliphatic rings. The highest BCUT2D eigenvalue weighted by Gasteiger charge is 2.25. The number of rotatable bonds is 3. The molecule has 3 N–H and O–H groups in total. The Kier molecular flexibility index (Phi) is 7.22. The number of aryl methyl sites for hydroxylation is 1. The van der Waals surface area contributed by atoms with E-state index >= 15 is 0 Å². The molecular weight excluding hydrogens is 337 g/mol. The molecule has 1 aromatic carbocycles. The van der Waals surface area contributed by atoms with E-state index in [9.17, 15) is 9.90 Å². The molecule has 0 spiro atoms. The van der Waals surface area contributed by atoms with E-state index in [2.05, 4.69) is 15.6 Å². The van der Waals surface area contributed by atoms with E-state index in [1.165, 1.54) is 0 Å². The summed E-state index contributed by atoms with van der Waals surface area (Å²) in [6.45, 7) is 3.69. The summed E-state index contributed by atoms with van der Waals surface area (Å²) in [5, 5.41) is 16.7. The molecule has 1 aliphatic heterocycles. The van der Waals surface area contributed by atoms with Crippen LogP contribution in [-0.2, 0) is 0 Å². The van der Waals surface area contributed by atoms with Gasteiger partial charge in [0, 0.05) is 36.6 Å². The highest BCUT2D eigenvalue weighted by atomic mass is 35.5. The lowest BCUT2D eigenvalue weighted by atomic mass is 10.0. The number of carbonyl (C=O) groups is 1. The number of nitrogens with zero attached hydrogens (tertiary/aromatic N) is 1. The predicted octanol–water partition coefficient (Wildman–Crippen LogP) is 1.70. The van der Waals surface area contributed by atoms with Crippen LogP contribution in [0.1, 0.15) is 16.1 Å². The third kappa shape index (κ3) is 4.32. The molecule has 2 aromatic rings. The van der Waals surface area contributed by atoms with Gasteiger partial charge in [-0.05, 0) is 19.1 Å². The first-order chi connectivity index (χ1) is 10.1. The zero-order valence-corrected chi connectivity index (χ0v) is 14.4. The second-order valence-corrected chi connectivity index (χ2v) is 5.52. The SMILES string of the molecule is Cc1cc(C(=O)NCC2CNCC2O)c2ccccc2n1.Cl.Cl. The fourth-order valence-electron chi connectivity index (χ4n) is 2.74. The van der Waals surface area contributed by atoms with E-state index in [1.807, 2.05) is 31.2 Å². The third-order valence-corrected chi connectivity index (χ3v) is 3.92. The van der Waals surface area contributed by atoms with Gasteiger partial charge in [0.15, 0.2) is 0 Å². The maximum atomic E-state index is 12.4. The van der Waals surface area contributed by atoms with Crippen molar-refractivity contribution in [3.8, 4) is 0 Å². The van der Waals surface area contributed by atoms with Gasteiger partial charge < -0.3 is 15.7 Å². The number of carbonyl (C=O) groups excluding carboxylic acids is 1. The van der Waals surface area contributed by atoms with Crippen LogP contribution >= 0.6 is 24.8 Å². The van der Waals surface area contributed by atoms with E-state index in [0.29, 0.717) is 18.7 Å². The highest BCUT2D eigenvalue weighted by Crippen LogP contribution is 2.18. The molecule has 2 unspecified atom stereocenters. The van der Waals surface area contributed by atoms with E-state index in [1.54, 1.807) is 6.07 Å². The minimum absolute atomic E-state index is 0. The Bertz CT molecular complexity index is 681. The average molecular weight is 358 g/mol. The first-order valence-corrected chi connectivity index (χ1v) is 7.18. The van der Waals surface area contributed by atoms with Crippen LogP contribution in [0, 0.1) is 12.8 Å². The van der Waals surface area contributed by atoms with Crippen LogP contribution < -0.4 is 10.6 Å². The molecule has 1 saturated heterocycles. The summed E-state index contributed by atoms with van der Waals surface area (Å²) >= 11 is 0. The summed E-state index contributed by atoms with van der Waals surface area (Å²) in [6.07, 6.45) is -0.388. The third-order valence-electron chi connectivity index (χ3n) is 3.92. The quantitative estimate of drug-likeness (QED) is 0.781. The number of halogens is 2. The molecule has 0 aliphatic carbocycles. The molecule has 23 heavy (non-hydrogen) atoms. The Labute approximate surface area is 147 Å². The normalized spacial score (nSPS) is 19.7. The topological polar surface area (TPSA) is 74.2 Å². The monoisotopic (exact) mass is 357 g/mol. The lowest BCUT2D eigenvalue weighted by molar-refractivity contribution is 0.0928. The van der Waals surface area contributed by atoms with Gasteiger partial charge in [0.25, 0.3) is 5.91 Å². The zero-order valence-electron chi connectivity index (χ0n) is 12.8. The van der Waals surface area contributed by atoms with Crippen LogP contribution in [0.2, 0.25) is 0 Å². The molecule has 0 bridgehead atoms. The van der Waals surface area contributed by atoms with Gasteiger partial charge in [-0.25, -0.2) is 0 Å². The molecule has 0 radical (unpaired) electrons. The lowest BCUT2D eigenvalue weighted by Gasteiger charge is -2.15. The summed E-state index contributed by atoms with van der Waals surface area (Å²) in [6, 6.07) is 9.44. The molecule has 5 nitrogen and oxygen atoms in total. The lowest BCUT2D eigenvalue weighted by Crippen LogP contribution is -2.34. The number of aromatic nitrogens is 1.